The summed E-state index contributed by atoms with van der Waals surface area (Å²) in [5, 5.41) is 4.00. The zero-order valence-corrected chi connectivity index (χ0v) is 7.67. The van der Waals surface area contributed by atoms with Crippen molar-refractivity contribution in [1.82, 2.24) is 9.78 Å². The predicted molar refractivity (Wildman–Crippen MR) is 48.5 cm³/mol. The summed E-state index contributed by atoms with van der Waals surface area (Å²) in [5.74, 6) is -1.11. The van der Waals surface area contributed by atoms with Gasteiger partial charge in [0.15, 0.2) is 0 Å². The number of rotatable bonds is 1. The maximum atomic E-state index is 13.2. The van der Waals surface area contributed by atoms with Crippen LogP contribution in [0.5, 0.6) is 0 Å². The van der Waals surface area contributed by atoms with Crippen LogP contribution in [-0.4, -0.2) is 9.78 Å². The van der Waals surface area contributed by atoms with Crippen LogP contribution >= 0.6 is 11.6 Å². The molecule has 14 heavy (non-hydrogen) atoms. The van der Waals surface area contributed by atoms with Gasteiger partial charge in [0.1, 0.15) is 22.5 Å². The molecule has 2 nitrogen and oxygen atoms in total. The van der Waals surface area contributed by atoms with Gasteiger partial charge < -0.3 is 0 Å². The molecule has 0 fully saturated rings. The number of nitrogens with zero attached hydrogens (tertiary/aromatic N) is 2. The molecule has 0 aliphatic carbocycles. The highest BCUT2D eigenvalue weighted by atomic mass is 35.5. The van der Waals surface area contributed by atoms with Crippen LogP contribution in [0.15, 0.2) is 30.5 Å². The Labute approximate surface area is 83.7 Å². The van der Waals surface area contributed by atoms with Gasteiger partial charge in [-0.05, 0) is 18.2 Å². The molecule has 0 spiro atoms. The molecule has 0 bridgehead atoms. The van der Waals surface area contributed by atoms with Gasteiger partial charge in [-0.1, -0.05) is 11.6 Å². The number of hydrogen-bond acceptors (Lipinski definition) is 1. The molecule has 0 radical (unpaired) electrons. The second-order valence-electron chi connectivity index (χ2n) is 2.66. The van der Waals surface area contributed by atoms with E-state index < -0.39 is 11.6 Å². The number of aromatic nitrogens is 2. The van der Waals surface area contributed by atoms with Gasteiger partial charge in [-0.25, -0.2) is 13.5 Å². The average molecular weight is 215 g/mol. The molecular formula is C9H5ClF2N2. The van der Waals surface area contributed by atoms with Gasteiger partial charge in [0.05, 0.1) is 6.20 Å². The van der Waals surface area contributed by atoms with Crippen LogP contribution in [0.4, 0.5) is 8.78 Å². The zero-order chi connectivity index (χ0) is 10.1. The first-order chi connectivity index (χ1) is 6.68. The summed E-state index contributed by atoms with van der Waals surface area (Å²) in [6.07, 6.45) is 1.41. The van der Waals surface area contributed by atoms with E-state index in [9.17, 15) is 8.78 Å². The lowest BCUT2D eigenvalue weighted by Crippen LogP contribution is -2.00. The van der Waals surface area contributed by atoms with Crippen molar-refractivity contribution in [2.45, 2.75) is 0 Å². The van der Waals surface area contributed by atoms with Crippen molar-refractivity contribution in [3.8, 4) is 5.69 Å². The smallest absolute Gasteiger partial charge is 0.149 e. The lowest BCUT2D eigenvalue weighted by Gasteiger charge is -2.04. The highest BCUT2D eigenvalue weighted by molar-refractivity contribution is 6.29. The van der Waals surface area contributed by atoms with Crippen molar-refractivity contribution in [2.75, 3.05) is 0 Å². The molecule has 0 N–H and O–H groups in total. The van der Waals surface area contributed by atoms with Gasteiger partial charge in [-0.3, -0.25) is 0 Å². The number of halogens is 3. The molecule has 0 atom stereocenters. The summed E-state index contributed by atoms with van der Waals surface area (Å²) in [4.78, 5) is 0. The largest absolute Gasteiger partial charge is 0.219 e. The Kier molecular flexibility index (Phi) is 2.21. The average Bonchev–Trinajstić information content (AvgIpc) is 2.56. The third kappa shape index (κ3) is 1.48. The Bertz CT molecular complexity index is 468. The van der Waals surface area contributed by atoms with Crippen LogP contribution in [0.2, 0.25) is 5.15 Å². The maximum Gasteiger partial charge on any atom is 0.149 e. The molecule has 0 aliphatic heterocycles. The van der Waals surface area contributed by atoms with Crippen LogP contribution < -0.4 is 0 Å². The second kappa shape index (κ2) is 3.38. The van der Waals surface area contributed by atoms with Gasteiger partial charge in [0.25, 0.3) is 0 Å². The van der Waals surface area contributed by atoms with Crippen LogP contribution in [0, 0.1) is 11.6 Å². The monoisotopic (exact) mass is 214 g/mol. The zero-order valence-electron chi connectivity index (χ0n) is 6.92. The van der Waals surface area contributed by atoms with Crippen LogP contribution in [-0.2, 0) is 0 Å². The Balaban J connectivity index is 2.62. The van der Waals surface area contributed by atoms with Gasteiger partial charge in [-0.2, -0.15) is 5.10 Å². The van der Waals surface area contributed by atoms with Crippen molar-refractivity contribution >= 4 is 11.6 Å². The standard InChI is InChI=1S/C9H5ClF2N2/c10-9-3-4-13-14(9)8-5-6(11)1-2-7(8)12/h1-5H. The minimum absolute atomic E-state index is 0.000000000000000444. The highest BCUT2D eigenvalue weighted by Crippen LogP contribution is 2.18. The van der Waals surface area contributed by atoms with Gasteiger partial charge >= 0.3 is 0 Å². The topological polar surface area (TPSA) is 17.8 Å². The fourth-order valence-electron chi connectivity index (χ4n) is 1.11. The minimum atomic E-state index is -0.572. The van der Waals surface area contributed by atoms with Crippen molar-refractivity contribution < 1.29 is 8.78 Å². The summed E-state index contributed by atoms with van der Waals surface area (Å²) < 4.78 is 27.2. The predicted octanol–water partition coefficient (Wildman–Crippen LogP) is 2.80. The lowest BCUT2D eigenvalue weighted by atomic mass is 10.3. The van der Waals surface area contributed by atoms with Crippen LogP contribution in [0.25, 0.3) is 5.69 Å². The third-order valence-corrected chi connectivity index (χ3v) is 2.02. The first-order valence-corrected chi connectivity index (χ1v) is 4.21. The molecular weight excluding hydrogens is 210 g/mol. The minimum Gasteiger partial charge on any atom is -0.219 e. The molecule has 72 valence electrons. The molecule has 0 unspecified atom stereocenters. The third-order valence-electron chi connectivity index (χ3n) is 1.73. The summed E-state index contributed by atoms with van der Waals surface area (Å²) >= 11 is 5.71. The van der Waals surface area contributed by atoms with Crippen molar-refractivity contribution in [1.29, 1.82) is 0 Å². The van der Waals surface area contributed by atoms with Crippen molar-refractivity contribution in [2.24, 2.45) is 0 Å². The Hall–Kier alpha value is -1.42. The second-order valence-corrected chi connectivity index (χ2v) is 3.05. The highest BCUT2D eigenvalue weighted by Gasteiger charge is 2.08. The normalized spacial score (nSPS) is 10.5. The molecule has 1 aromatic carbocycles. The Morgan fingerprint density at radius 1 is 1.21 bits per heavy atom. The SMILES string of the molecule is Fc1ccc(F)c(-n2nccc2Cl)c1. The van der Waals surface area contributed by atoms with E-state index in [1.54, 1.807) is 0 Å². The van der Waals surface area contributed by atoms with E-state index in [0.29, 0.717) is 0 Å². The molecule has 2 rings (SSSR count). The van der Waals surface area contributed by atoms with E-state index in [0.717, 1.165) is 22.9 Å². The van der Waals surface area contributed by atoms with E-state index in [-0.39, 0.29) is 10.8 Å². The van der Waals surface area contributed by atoms with Gasteiger partial charge in [0.2, 0.25) is 0 Å². The molecule has 0 amide bonds. The van der Waals surface area contributed by atoms with Crippen LogP contribution in [0.1, 0.15) is 0 Å². The van der Waals surface area contributed by atoms with Crippen molar-refractivity contribution in [3.05, 3.63) is 47.2 Å². The van der Waals surface area contributed by atoms with Gasteiger partial charge in [-0.15, -0.1) is 0 Å². The molecule has 1 heterocycles. The van der Waals surface area contributed by atoms with E-state index in [2.05, 4.69) is 5.10 Å². The van der Waals surface area contributed by atoms with Crippen LogP contribution in [0.3, 0.4) is 0 Å². The fourth-order valence-corrected chi connectivity index (χ4v) is 1.30. The molecule has 0 aliphatic rings. The first kappa shape index (κ1) is 9.15. The van der Waals surface area contributed by atoms with Gasteiger partial charge in [0, 0.05) is 6.07 Å². The van der Waals surface area contributed by atoms with E-state index in [1.165, 1.54) is 12.3 Å². The Morgan fingerprint density at radius 2 is 2.00 bits per heavy atom. The molecule has 0 saturated carbocycles. The summed E-state index contributed by atoms with van der Waals surface area (Å²) in [6.45, 7) is 0. The summed E-state index contributed by atoms with van der Waals surface area (Å²) in [5.41, 5.74) is 0.000000000000000444. The van der Waals surface area contributed by atoms with E-state index in [4.69, 9.17) is 11.6 Å². The maximum absolute atomic E-state index is 13.2. The van der Waals surface area contributed by atoms with Crippen molar-refractivity contribution in [3.63, 3.8) is 0 Å². The first-order valence-electron chi connectivity index (χ1n) is 3.83. The summed E-state index contributed by atoms with van der Waals surface area (Å²) in [6, 6.07) is 4.60. The number of benzene rings is 1. The Morgan fingerprint density at radius 3 is 2.64 bits per heavy atom. The van der Waals surface area contributed by atoms with E-state index >= 15 is 0 Å². The lowest BCUT2D eigenvalue weighted by molar-refractivity contribution is 0.587. The summed E-state index contributed by atoms with van der Waals surface area (Å²) in [7, 11) is 0. The molecule has 2 aromatic rings. The molecule has 5 heteroatoms. The molecule has 1 aromatic heterocycles. The quantitative estimate of drug-likeness (QED) is 0.714. The number of hydrogen-bond donors (Lipinski definition) is 0. The fraction of sp³-hybridized carbons (Fsp3) is 0. The van der Waals surface area contributed by atoms with E-state index in [1.807, 2.05) is 0 Å². The molecule has 0 saturated heterocycles.